The molecular weight excluding hydrogens is 278 g/mol. The number of nitrogens with one attached hydrogen (secondary N) is 1. The van der Waals surface area contributed by atoms with Crippen molar-refractivity contribution >= 4 is 21.8 Å². The van der Waals surface area contributed by atoms with Crippen molar-refractivity contribution in [3.8, 4) is 0 Å². The van der Waals surface area contributed by atoms with Crippen LogP contribution in [0.4, 0.5) is 0 Å². The van der Waals surface area contributed by atoms with Crippen molar-refractivity contribution in [2.45, 2.75) is 33.7 Å². The average Bonchev–Trinajstić information content (AvgIpc) is 2.28. The molecule has 1 rings (SSSR count). The third kappa shape index (κ3) is 3.84. The lowest BCUT2D eigenvalue weighted by molar-refractivity contribution is 0.0931. The Kier molecular flexibility index (Phi) is 5.19. The minimum atomic E-state index is 0.0179. The summed E-state index contributed by atoms with van der Waals surface area (Å²) in [6, 6.07) is 6.12. The molecule has 0 aliphatic carbocycles. The molecule has 0 aromatic heterocycles. The molecule has 94 valence electrons. The first-order valence-electron chi connectivity index (χ1n) is 5.89. The Hall–Kier alpha value is -0.830. The molecule has 1 N–H and O–H groups in total. The van der Waals surface area contributed by atoms with Crippen LogP contribution in [0.25, 0.3) is 0 Å². The quantitative estimate of drug-likeness (QED) is 0.848. The van der Waals surface area contributed by atoms with Crippen molar-refractivity contribution in [2.75, 3.05) is 5.33 Å². The first-order chi connectivity index (χ1) is 7.95. The number of benzene rings is 1. The number of alkyl halides is 1. The SMILES string of the molecule is Cc1ccc(C)c(C(=O)NC(CBr)C(C)C)c1. The summed E-state index contributed by atoms with van der Waals surface area (Å²) >= 11 is 3.44. The van der Waals surface area contributed by atoms with Gasteiger partial charge in [0.15, 0.2) is 0 Å². The Bertz CT molecular complexity index is 401. The van der Waals surface area contributed by atoms with E-state index in [0.29, 0.717) is 5.92 Å². The van der Waals surface area contributed by atoms with E-state index >= 15 is 0 Å². The number of rotatable bonds is 4. The van der Waals surface area contributed by atoms with E-state index in [1.807, 2.05) is 32.0 Å². The minimum Gasteiger partial charge on any atom is -0.348 e. The molecule has 0 fully saturated rings. The topological polar surface area (TPSA) is 29.1 Å². The smallest absolute Gasteiger partial charge is 0.251 e. The van der Waals surface area contributed by atoms with Crippen LogP contribution in [0.3, 0.4) is 0 Å². The maximum Gasteiger partial charge on any atom is 0.251 e. The molecule has 17 heavy (non-hydrogen) atoms. The largest absolute Gasteiger partial charge is 0.348 e. The predicted octanol–water partition coefficient (Wildman–Crippen LogP) is 3.45. The highest BCUT2D eigenvalue weighted by molar-refractivity contribution is 9.09. The van der Waals surface area contributed by atoms with Crippen LogP contribution >= 0.6 is 15.9 Å². The first-order valence-corrected chi connectivity index (χ1v) is 7.02. The standard InChI is InChI=1S/C14H20BrNO/c1-9(2)13(8-15)16-14(17)12-7-10(3)5-6-11(12)4/h5-7,9,13H,8H2,1-4H3,(H,16,17). The van der Waals surface area contributed by atoms with E-state index in [-0.39, 0.29) is 11.9 Å². The van der Waals surface area contributed by atoms with Crippen LogP contribution in [0.2, 0.25) is 0 Å². The number of halogens is 1. The Balaban J connectivity index is 2.86. The molecule has 1 unspecified atom stereocenters. The molecule has 2 nitrogen and oxygen atoms in total. The third-order valence-electron chi connectivity index (χ3n) is 2.93. The molecule has 0 saturated heterocycles. The molecule has 0 aliphatic rings. The molecule has 0 saturated carbocycles. The second-order valence-electron chi connectivity index (χ2n) is 4.80. The number of amides is 1. The highest BCUT2D eigenvalue weighted by atomic mass is 79.9. The van der Waals surface area contributed by atoms with Gasteiger partial charge in [-0.25, -0.2) is 0 Å². The number of aryl methyl sites for hydroxylation is 2. The molecule has 0 aliphatic heterocycles. The molecule has 3 heteroatoms. The molecule has 1 amide bonds. The molecule has 0 bridgehead atoms. The van der Waals surface area contributed by atoms with Gasteiger partial charge >= 0.3 is 0 Å². The maximum atomic E-state index is 12.2. The zero-order chi connectivity index (χ0) is 13.0. The van der Waals surface area contributed by atoms with Gasteiger partial charge in [0.1, 0.15) is 0 Å². The highest BCUT2D eigenvalue weighted by Gasteiger charge is 2.17. The summed E-state index contributed by atoms with van der Waals surface area (Å²) in [4.78, 5) is 12.2. The zero-order valence-electron chi connectivity index (χ0n) is 10.9. The Morgan fingerprint density at radius 1 is 1.35 bits per heavy atom. The molecule has 0 heterocycles. The van der Waals surface area contributed by atoms with Crippen LogP contribution in [-0.4, -0.2) is 17.3 Å². The van der Waals surface area contributed by atoms with Gasteiger partial charge in [0.2, 0.25) is 0 Å². The zero-order valence-corrected chi connectivity index (χ0v) is 12.5. The number of carbonyl (C=O) groups is 1. The predicted molar refractivity (Wildman–Crippen MR) is 75.8 cm³/mol. The second kappa shape index (κ2) is 6.20. The molecule has 0 radical (unpaired) electrons. The number of carbonyl (C=O) groups excluding carboxylic acids is 1. The van der Waals surface area contributed by atoms with Crippen LogP contribution in [0.15, 0.2) is 18.2 Å². The highest BCUT2D eigenvalue weighted by Crippen LogP contribution is 2.12. The first kappa shape index (κ1) is 14.2. The molecule has 0 spiro atoms. The molecule has 1 atom stereocenters. The molecular formula is C14H20BrNO. The normalized spacial score (nSPS) is 12.6. The van der Waals surface area contributed by atoms with Gasteiger partial charge in [0.25, 0.3) is 5.91 Å². The fourth-order valence-electron chi connectivity index (χ4n) is 1.61. The molecule has 1 aromatic rings. The number of hydrogen-bond acceptors (Lipinski definition) is 1. The second-order valence-corrected chi connectivity index (χ2v) is 5.44. The van der Waals surface area contributed by atoms with E-state index in [1.165, 1.54) is 0 Å². The van der Waals surface area contributed by atoms with Crippen molar-refractivity contribution < 1.29 is 4.79 Å². The van der Waals surface area contributed by atoms with Crippen LogP contribution < -0.4 is 5.32 Å². The number of hydrogen-bond donors (Lipinski definition) is 1. The van der Waals surface area contributed by atoms with E-state index in [4.69, 9.17) is 0 Å². The lowest BCUT2D eigenvalue weighted by atomic mass is 10.0. The summed E-state index contributed by atoms with van der Waals surface area (Å²) in [6.07, 6.45) is 0. The lowest BCUT2D eigenvalue weighted by Gasteiger charge is -2.20. The van der Waals surface area contributed by atoms with E-state index in [1.54, 1.807) is 0 Å². The summed E-state index contributed by atoms with van der Waals surface area (Å²) in [5.41, 5.74) is 2.91. The van der Waals surface area contributed by atoms with Gasteiger partial charge in [-0.1, -0.05) is 47.5 Å². The monoisotopic (exact) mass is 297 g/mol. The van der Waals surface area contributed by atoms with Gasteiger partial charge < -0.3 is 5.32 Å². The van der Waals surface area contributed by atoms with E-state index < -0.39 is 0 Å². The third-order valence-corrected chi connectivity index (χ3v) is 3.62. The van der Waals surface area contributed by atoms with Crippen molar-refractivity contribution in [3.05, 3.63) is 34.9 Å². The summed E-state index contributed by atoms with van der Waals surface area (Å²) in [6.45, 7) is 8.18. The van der Waals surface area contributed by atoms with E-state index in [2.05, 4.69) is 35.1 Å². The fourth-order valence-corrected chi connectivity index (χ4v) is 2.52. The van der Waals surface area contributed by atoms with Crippen LogP contribution in [0.1, 0.15) is 35.3 Å². The van der Waals surface area contributed by atoms with Crippen molar-refractivity contribution in [1.82, 2.24) is 5.32 Å². The fraction of sp³-hybridized carbons (Fsp3) is 0.500. The maximum absolute atomic E-state index is 12.2. The van der Waals surface area contributed by atoms with Gasteiger partial charge in [0, 0.05) is 16.9 Å². The van der Waals surface area contributed by atoms with Crippen molar-refractivity contribution in [3.63, 3.8) is 0 Å². The van der Waals surface area contributed by atoms with Crippen molar-refractivity contribution in [1.29, 1.82) is 0 Å². The van der Waals surface area contributed by atoms with Crippen LogP contribution in [0.5, 0.6) is 0 Å². The van der Waals surface area contributed by atoms with Gasteiger partial charge in [0.05, 0.1) is 0 Å². The van der Waals surface area contributed by atoms with Gasteiger partial charge in [-0.2, -0.15) is 0 Å². The Morgan fingerprint density at radius 3 is 2.53 bits per heavy atom. The Labute approximate surface area is 112 Å². The lowest BCUT2D eigenvalue weighted by Crippen LogP contribution is -2.40. The van der Waals surface area contributed by atoms with Gasteiger partial charge in [-0.3, -0.25) is 4.79 Å². The summed E-state index contributed by atoms with van der Waals surface area (Å²) in [5.74, 6) is 0.438. The van der Waals surface area contributed by atoms with Gasteiger partial charge in [-0.15, -0.1) is 0 Å². The summed E-state index contributed by atoms with van der Waals surface area (Å²) < 4.78 is 0. The van der Waals surface area contributed by atoms with Crippen molar-refractivity contribution in [2.24, 2.45) is 5.92 Å². The summed E-state index contributed by atoms with van der Waals surface area (Å²) in [5, 5.41) is 3.84. The minimum absolute atomic E-state index is 0.0179. The Morgan fingerprint density at radius 2 is 2.00 bits per heavy atom. The average molecular weight is 298 g/mol. The summed E-state index contributed by atoms with van der Waals surface area (Å²) in [7, 11) is 0. The molecule has 1 aromatic carbocycles. The van der Waals surface area contributed by atoms with E-state index in [9.17, 15) is 4.79 Å². The van der Waals surface area contributed by atoms with Crippen LogP contribution in [0, 0.1) is 19.8 Å². The van der Waals surface area contributed by atoms with Gasteiger partial charge in [-0.05, 0) is 31.4 Å². The van der Waals surface area contributed by atoms with E-state index in [0.717, 1.165) is 22.0 Å². The van der Waals surface area contributed by atoms with Crippen LogP contribution in [-0.2, 0) is 0 Å².